The van der Waals surface area contributed by atoms with Crippen LogP contribution in [0.15, 0.2) is 11.1 Å². The summed E-state index contributed by atoms with van der Waals surface area (Å²) in [5.74, 6) is -2.23. The van der Waals surface area contributed by atoms with Gasteiger partial charge in [-0.2, -0.15) is 0 Å². The molecule has 2 saturated heterocycles. The van der Waals surface area contributed by atoms with Gasteiger partial charge >= 0.3 is 0 Å². The minimum absolute atomic E-state index is 0.0306. The van der Waals surface area contributed by atoms with Gasteiger partial charge in [0.05, 0.1) is 23.7 Å². The van der Waals surface area contributed by atoms with E-state index in [9.17, 15) is 19.2 Å². The summed E-state index contributed by atoms with van der Waals surface area (Å²) in [6.07, 6.45) is 0. The highest BCUT2D eigenvalue weighted by molar-refractivity contribution is 6.09. The fourth-order valence-electron chi connectivity index (χ4n) is 6.21. The smallest absolute Gasteiger partial charge is 0.231 e. The lowest BCUT2D eigenvalue weighted by Gasteiger charge is -2.63. The Morgan fingerprint density at radius 1 is 0.545 bits per heavy atom. The molecule has 0 radical (unpaired) electrons. The number of imide groups is 2. The number of rotatable bonds is 0. The van der Waals surface area contributed by atoms with E-state index in [1.807, 2.05) is 13.8 Å². The van der Waals surface area contributed by atoms with Gasteiger partial charge in [-0.05, 0) is 37.5 Å². The Labute approximate surface area is 126 Å². The molecule has 0 aromatic rings. The van der Waals surface area contributed by atoms with Crippen LogP contribution in [-0.2, 0) is 19.2 Å². The SMILES string of the molecule is CC1=C(C)[C@H]2[C@H]3C(=O)NC(=O)[C@@H]3[C@@H]1[C@H]1[C@H]3C(=O)NC(=O)[C@@H]3[C@H]21. The van der Waals surface area contributed by atoms with Crippen LogP contribution in [0.2, 0.25) is 0 Å². The highest BCUT2D eigenvalue weighted by Gasteiger charge is 2.74. The van der Waals surface area contributed by atoms with Gasteiger partial charge in [-0.3, -0.25) is 29.8 Å². The average Bonchev–Trinajstić information content (AvgIpc) is 2.84. The molecule has 2 N–H and O–H groups in total. The maximum absolute atomic E-state index is 12.3. The van der Waals surface area contributed by atoms with Gasteiger partial charge in [0, 0.05) is 0 Å². The van der Waals surface area contributed by atoms with Gasteiger partial charge in [0.25, 0.3) is 0 Å². The molecule has 2 bridgehead atoms. The van der Waals surface area contributed by atoms with E-state index in [-0.39, 0.29) is 71.0 Å². The van der Waals surface area contributed by atoms with Crippen LogP contribution in [-0.4, -0.2) is 23.6 Å². The molecule has 2 heterocycles. The van der Waals surface area contributed by atoms with Gasteiger partial charge in [0.2, 0.25) is 23.6 Å². The summed E-state index contributed by atoms with van der Waals surface area (Å²) in [5, 5.41) is 4.91. The van der Waals surface area contributed by atoms with E-state index < -0.39 is 0 Å². The van der Waals surface area contributed by atoms with E-state index >= 15 is 0 Å². The van der Waals surface area contributed by atoms with E-state index in [0.29, 0.717) is 0 Å². The molecule has 4 fully saturated rings. The number of hydrogen-bond donors (Lipinski definition) is 2. The second-order valence-electron chi connectivity index (χ2n) is 7.38. The van der Waals surface area contributed by atoms with Crippen molar-refractivity contribution in [2.45, 2.75) is 13.8 Å². The zero-order valence-electron chi connectivity index (χ0n) is 12.3. The third kappa shape index (κ3) is 1.06. The first-order valence-electron chi connectivity index (χ1n) is 7.80. The lowest BCUT2D eigenvalue weighted by atomic mass is 9.37. The van der Waals surface area contributed by atoms with Crippen LogP contribution in [0, 0.1) is 47.3 Å². The zero-order valence-corrected chi connectivity index (χ0v) is 12.3. The fraction of sp³-hybridized carbons (Fsp3) is 0.625. The van der Waals surface area contributed by atoms with Crippen molar-refractivity contribution in [3.8, 4) is 0 Å². The molecule has 6 heteroatoms. The van der Waals surface area contributed by atoms with Crippen LogP contribution in [0.4, 0.5) is 0 Å². The molecule has 0 aromatic heterocycles. The van der Waals surface area contributed by atoms with Crippen LogP contribution in [0.25, 0.3) is 0 Å². The molecule has 114 valence electrons. The first-order valence-corrected chi connectivity index (χ1v) is 7.80. The first-order chi connectivity index (χ1) is 10.4. The number of allylic oxidation sites excluding steroid dienone is 2. The molecular weight excluding hydrogens is 284 g/mol. The Balaban J connectivity index is 1.70. The molecule has 2 aliphatic heterocycles. The summed E-state index contributed by atoms with van der Waals surface area (Å²) in [4.78, 5) is 48.7. The van der Waals surface area contributed by atoms with Crippen LogP contribution in [0.1, 0.15) is 13.8 Å². The Hall–Kier alpha value is -1.98. The Bertz CT molecular complexity index is 666. The highest BCUT2D eigenvalue weighted by atomic mass is 16.2. The van der Waals surface area contributed by atoms with Crippen molar-refractivity contribution in [2.24, 2.45) is 47.3 Å². The topological polar surface area (TPSA) is 92.3 Å². The van der Waals surface area contributed by atoms with Crippen molar-refractivity contribution in [2.75, 3.05) is 0 Å². The third-order valence-electron chi connectivity index (χ3n) is 6.98. The monoisotopic (exact) mass is 300 g/mol. The summed E-state index contributed by atoms with van der Waals surface area (Å²) < 4.78 is 0. The van der Waals surface area contributed by atoms with Crippen LogP contribution in [0.3, 0.4) is 0 Å². The molecular formula is C16H16N2O4. The van der Waals surface area contributed by atoms with Crippen LogP contribution < -0.4 is 10.6 Å². The van der Waals surface area contributed by atoms with Crippen molar-refractivity contribution in [3.05, 3.63) is 11.1 Å². The molecule has 6 nitrogen and oxygen atoms in total. The maximum Gasteiger partial charge on any atom is 0.231 e. The normalized spacial score (nSPS) is 51.2. The average molecular weight is 300 g/mol. The van der Waals surface area contributed by atoms with Crippen LogP contribution in [0.5, 0.6) is 0 Å². The maximum atomic E-state index is 12.3. The van der Waals surface area contributed by atoms with E-state index in [1.165, 1.54) is 0 Å². The van der Waals surface area contributed by atoms with Crippen molar-refractivity contribution in [1.29, 1.82) is 0 Å². The molecule has 4 aliphatic carbocycles. The number of nitrogens with one attached hydrogen (secondary N) is 2. The fourth-order valence-corrected chi connectivity index (χ4v) is 6.21. The Morgan fingerprint density at radius 2 is 0.864 bits per heavy atom. The third-order valence-corrected chi connectivity index (χ3v) is 6.98. The number of amides is 4. The molecule has 0 unspecified atom stereocenters. The van der Waals surface area contributed by atoms with Gasteiger partial charge in [-0.1, -0.05) is 11.1 Å². The molecule has 6 rings (SSSR count). The van der Waals surface area contributed by atoms with E-state index in [2.05, 4.69) is 10.6 Å². The van der Waals surface area contributed by atoms with Gasteiger partial charge < -0.3 is 0 Å². The minimum Gasteiger partial charge on any atom is -0.296 e. The second-order valence-corrected chi connectivity index (χ2v) is 7.38. The van der Waals surface area contributed by atoms with Gasteiger partial charge in [0.15, 0.2) is 0 Å². The summed E-state index contributed by atoms with van der Waals surface area (Å²) in [7, 11) is 0. The Kier molecular flexibility index (Phi) is 2.00. The molecule has 6 aliphatic rings. The van der Waals surface area contributed by atoms with Gasteiger partial charge in [-0.15, -0.1) is 0 Å². The summed E-state index contributed by atoms with van der Waals surface area (Å²) >= 11 is 0. The largest absolute Gasteiger partial charge is 0.296 e. The molecule has 4 amide bonds. The number of fused-ring (bicyclic) bond motifs is 1. The quantitative estimate of drug-likeness (QED) is 0.470. The van der Waals surface area contributed by atoms with Crippen molar-refractivity contribution < 1.29 is 19.2 Å². The Morgan fingerprint density at radius 3 is 1.23 bits per heavy atom. The lowest BCUT2D eigenvalue weighted by Crippen LogP contribution is -2.65. The van der Waals surface area contributed by atoms with Crippen molar-refractivity contribution >= 4 is 23.6 Å². The standard InChI is InChI=1S/C16H16N2O4/c1-3-4(2)6-8-7(11-12(8)16(22)18-15(11)21)5(3)9-10(6)14(20)17-13(9)19/h5-12H,1-2H3,(H,17,19,20)(H,18,21,22)/t5-,6+,7-,8-,9-,10-,11-,12-/m1/s1. The highest BCUT2D eigenvalue weighted by Crippen LogP contribution is 2.69. The number of carbonyl (C=O) groups excluding carboxylic acids is 4. The van der Waals surface area contributed by atoms with Crippen molar-refractivity contribution in [3.63, 3.8) is 0 Å². The predicted molar refractivity (Wildman–Crippen MR) is 72.6 cm³/mol. The van der Waals surface area contributed by atoms with E-state index in [0.717, 1.165) is 11.1 Å². The van der Waals surface area contributed by atoms with E-state index in [4.69, 9.17) is 0 Å². The number of hydrogen-bond acceptors (Lipinski definition) is 4. The lowest BCUT2D eigenvalue weighted by molar-refractivity contribution is -0.170. The van der Waals surface area contributed by atoms with E-state index in [1.54, 1.807) is 0 Å². The minimum atomic E-state index is -0.355. The summed E-state index contributed by atoms with van der Waals surface area (Å²) in [5.41, 5.74) is 2.28. The number of carbonyl (C=O) groups is 4. The van der Waals surface area contributed by atoms with Gasteiger partial charge in [-0.25, -0.2) is 0 Å². The summed E-state index contributed by atoms with van der Waals surface area (Å²) in [6.45, 7) is 4.02. The first kappa shape index (κ1) is 12.6. The zero-order chi connectivity index (χ0) is 15.5. The summed E-state index contributed by atoms with van der Waals surface area (Å²) in [6, 6.07) is 0. The molecule has 8 atom stereocenters. The molecule has 0 aromatic carbocycles. The molecule has 22 heavy (non-hydrogen) atoms. The molecule has 0 spiro atoms. The van der Waals surface area contributed by atoms with Crippen LogP contribution >= 0.6 is 0 Å². The predicted octanol–water partition coefficient (Wildman–Crippen LogP) is -0.394. The second kappa shape index (κ2) is 3.50. The van der Waals surface area contributed by atoms with Crippen molar-refractivity contribution in [1.82, 2.24) is 10.6 Å². The molecule has 2 saturated carbocycles. The van der Waals surface area contributed by atoms with Gasteiger partial charge in [0.1, 0.15) is 0 Å².